The molecular formula is C19H32O5. The van der Waals surface area contributed by atoms with Crippen molar-refractivity contribution in [1.82, 2.24) is 0 Å². The molecule has 0 aromatic carbocycles. The van der Waals surface area contributed by atoms with Crippen LogP contribution in [0.2, 0.25) is 0 Å². The highest BCUT2D eigenvalue weighted by molar-refractivity contribution is 5.18. The van der Waals surface area contributed by atoms with Crippen molar-refractivity contribution in [3.05, 3.63) is 0 Å². The fraction of sp³-hybridized carbons (Fsp3) is 1.00. The lowest BCUT2D eigenvalue weighted by atomic mass is 9.42. The van der Waals surface area contributed by atoms with Crippen LogP contribution in [0.4, 0.5) is 0 Å². The molecule has 5 nitrogen and oxygen atoms in total. The molecule has 0 heterocycles. The van der Waals surface area contributed by atoms with Gasteiger partial charge in [0.1, 0.15) is 0 Å². The predicted octanol–water partition coefficient (Wildman–Crippen LogP) is 0.807. The van der Waals surface area contributed by atoms with Crippen molar-refractivity contribution in [1.29, 1.82) is 0 Å². The summed E-state index contributed by atoms with van der Waals surface area (Å²) >= 11 is 0. The van der Waals surface area contributed by atoms with Crippen LogP contribution in [-0.4, -0.2) is 55.5 Å². The van der Waals surface area contributed by atoms with E-state index in [-0.39, 0.29) is 29.6 Å². The Bertz CT molecular complexity index is 526. The predicted molar refractivity (Wildman–Crippen MR) is 88.0 cm³/mol. The van der Waals surface area contributed by atoms with Gasteiger partial charge in [0, 0.05) is 18.3 Å². The van der Waals surface area contributed by atoms with E-state index in [1.807, 2.05) is 0 Å². The number of fused-ring (bicyclic) bond motifs is 5. The molecule has 0 unspecified atom stereocenters. The molecule has 4 fully saturated rings. The van der Waals surface area contributed by atoms with Crippen molar-refractivity contribution < 1.29 is 25.5 Å². The molecule has 0 aliphatic heterocycles. The smallest absolute Gasteiger partial charge is 0.0985 e. The van der Waals surface area contributed by atoms with Gasteiger partial charge in [-0.1, -0.05) is 13.8 Å². The van der Waals surface area contributed by atoms with Crippen LogP contribution in [0.1, 0.15) is 58.8 Å². The first-order valence-corrected chi connectivity index (χ1v) is 9.58. The number of rotatable bonds is 0. The summed E-state index contributed by atoms with van der Waals surface area (Å²) in [6, 6.07) is 0. The van der Waals surface area contributed by atoms with Gasteiger partial charge < -0.3 is 25.5 Å². The van der Waals surface area contributed by atoms with Gasteiger partial charge in [0.15, 0.2) is 0 Å². The molecule has 0 amide bonds. The van der Waals surface area contributed by atoms with Crippen molar-refractivity contribution in [2.45, 2.75) is 88.8 Å². The zero-order chi connectivity index (χ0) is 17.5. The molecule has 24 heavy (non-hydrogen) atoms. The van der Waals surface area contributed by atoms with Gasteiger partial charge in [0.25, 0.3) is 0 Å². The monoisotopic (exact) mass is 340 g/mol. The summed E-state index contributed by atoms with van der Waals surface area (Å²) in [4.78, 5) is 0. The molecule has 5 heteroatoms. The van der Waals surface area contributed by atoms with E-state index >= 15 is 0 Å². The zero-order valence-corrected chi connectivity index (χ0v) is 14.7. The maximum atomic E-state index is 11.3. The summed E-state index contributed by atoms with van der Waals surface area (Å²) in [5, 5.41) is 53.3. The summed E-state index contributed by atoms with van der Waals surface area (Å²) in [5.74, 6) is 0.317. The Morgan fingerprint density at radius 2 is 1.58 bits per heavy atom. The largest absolute Gasteiger partial charge is 0.393 e. The normalized spacial score (nSPS) is 63.4. The van der Waals surface area contributed by atoms with Crippen molar-refractivity contribution in [3.8, 4) is 0 Å². The van der Waals surface area contributed by atoms with Gasteiger partial charge in [0.05, 0.1) is 30.0 Å². The molecule has 0 aromatic heterocycles. The Labute approximate surface area is 143 Å². The molecule has 10 atom stereocenters. The number of aliphatic hydroxyl groups is 5. The van der Waals surface area contributed by atoms with E-state index in [1.165, 1.54) is 0 Å². The number of hydrogen-bond acceptors (Lipinski definition) is 5. The lowest BCUT2D eigenvalue weighted by Crippen LogP contribution is -2.69. The van der Waals surface area contributed by atoms with E-state index in [2.05, 4.69) is 13.8 Å². The third kappa shape index (κ3) is 1.94. The highest BCUT2D eigenvalue weighted by Crippen LogP contribution is 2.67. The van der Waals surface area contributed by atoms with Gasteiger partial charge in [-0.05, 0) is 55.3 Å². The van der Waals surface area contributed by atoms with Crippen LogP contribution in [0.5, 0.6) is 0 Å². The first kappa shape index (κ1) is 17.2. The van der Waals surface area contributed by atoms with Crippen LogP contribution in [-0.2, 0) is 0 Å². The summed E-state index contributed by atoms with van der Waals surface area (Å²) in [7, 11) is 0. The van der Waals surface area contributed by atoms with Crippen LogP contribution in [0, 0.1) is 28.6 Å². The maximum Gasteiger partial charge on any atom is 0.0985 e. The average Bonchev–Trinajstić information content (AvgIpc) is 2.73. The minimum atomic E-state index is -1.25. The van der Waals surface area contributed by atoms with Gasteiger partial charge in [-0.15, -0.1) is 0 Å². The fourth-order valence-electron chi connectivity index (χ4n) is 7.30. The second kappa shape index (κ2) is 5.17. The molecule has 4 aliphatic carbocycles. The molecule has 4 saturated carbocycles. The van der Waals surface area contributed by atoms with Gasteiger partial charge in [-0.25, -0.2) is 0 Å². The minimum absolute atomic E-state index is 0.0193. The summed E-state index contributed by atoms with van der Waals surface area (Å²) in [6.07, 6.45) is 1.76. The average molecular weight is 340 g/mol. The van der Waals surface area contributed by atoms with E-state index in [0.717, 1.165) is 12.8 Å². The summed E-state index contributed by atoms with van der Waals surface area (Å²) in [5.41, 5.74) is -1.98. The number of hydrogen-bond donors (Lipinski definition) is 5. The molecule has 0 radical (unpaired) electrons. The van der Waals surface area contributed by atoms with E-state index in [0.29, 0.717) is 25.7 Å². The highest BCUT2D eigenvalue weighted by atomic mass is 16.3. The minimum Gasteiger partial charge on any atom is -0.393 e. The Morgan fingerprint density at radius 3 is 2.29 bits per heavy atom. The summed E-state index contributed by atoms with van der Waals surface area (Å²) < 4.78 is 0. The second-order valence-corrected chi connectivity index (χ2v) is 9.65. The topological polar surface area (TPSA) is 101 Å². The fourth-order valence-corrected chi connectivity index (χ4v) is 7.30. The van der Waals surface area contributed by atoms with Crippen molar-refractivity contribution in [2.24, 2.45) is 28.6 Å². The van der Waals surface area contributed by atoms with Crippen LogP contribution in [0.3, 0.4) is 0 Å². The number of aliphatic hydroxyl groups excluding tert-OH is 4. The van der Waals surface area contributed by atoms with Crippen molar-refractivity contribution in [2.75, 3.05) is 0 Å². The first-order valence-electron chi connectivity index (χ1n) is 9.58. The van der Waals surface area contributed by atoms with Gasteiger partial charge in [0.2, 0.25) is 0 Å². The molecule has 0 saturated heterocycles. The van der Waals surface area contributed by atoms with Crippen molar-refractivity contribution in [3.63, 3.8) is 0 Å². The van der Waals surface area contributed by atoms with Crippen LogP contribution >= 0.6 is 0 Å². The summed E-state index contributed by atoms with van der Waals surface area (Å²) in [6.45, 7) is 4.15. The van der Waals surface area contributed by atoms with E-state index < -0.39 is 35.4 Å². The Hall–Kier alpha value is -0.200. The molecule has 0 bridgehead atoms. The highest BCUT2D eigenvalue weighted by Gasteiger charge is 2.68. The molecule has 5 N–H and O–H groups in total. The van der Waals surface area contributed by atoms with E-state index in [4.69, 9.17) is 0 Å². The molecular weight excluding hydrogens is 308 g/mol. The van der Waals surface area contributed by atoms with Crippen LogP contribution in [0.25, 0.3) is 0 Å². The van der Waals surface area contributed by atoms with Crippen LogP contribution < -0.4 is 0 Å². The quantitative estimate of drug-likeness (QED) is 0.449. The molecule has 4 rings (SSSR count). The standard InChI is InChI=1S/C19H32O5/c1-17-5-4-12-11(16(17)13(21)8-14(17)22)7-15(23)19(24)9-10(20)3-6-18(12,19)2/h10-16,20-24H,3-9H2,1-2H3/t10-,11+,12-,13+,14-,15+,16+,17+,18+,19-/m0/s1. The van der Waals surface area contributed by atoms with E-state index in [1.54, 1.807) is 0 Å². The van der Waals surface area contributed by atoms with E-state index in [9.17, 15) is 25.5 Å². The lowest BCUT2D eigenvalue weighted by Gasteiger charge is -2.65. The third-order valence-corrected chi connectivity index (χ3v) is 8.77. The molecule has 138 valence electrons. The molecule has 0 aromatic rings. The van der Waals surface area contributed by atoms with Gasteiger partial charge >= 0.3 is 0 Å². The third-order valence-electron chi connectivity index (χ3n) is 8.77. The Kier molecular flexibility index (Phi) is 3.71. The van der Waals surface area contributed by atoms with Crippen molar-refractivity contribution >= 4 is 0 Å². The Morgan fingerprint density at radius 1 is 0.875 bits per heavy atom. The molecule has 0 spiro atoms. The lowest BCUT2D eigenvalue weighted by molar-refractivity contribution is -0.268. The second-order valence-electron chi connectivity index (χ2n) is 9.65. The SMILES string of the molecule is C[C@]12CC[C@H]3[C@@H](C[C@@H](O)[C@@]4(O)C[C@@H](O)CC[C@]34C)[C@@H]1[C@H](O)C[C@@H]2O. The van der Waals surface area contributed by atoms with Gasteiger partial charge in [-0.2, -0.15) is 0 Å². The van der Waals surface area contributed by atoms with Crippen LogP contribution in [0.15, 0.2) is 0 Å². The maximum absolute atomic E-state index is 11.3. The van der Waals surface area contributed by atoms with Gasteiger partial charge in [-0.3, -0.25) is 0 Å². The first-order chi connectivity index (χ1) is 11.1. The molecule has 4 aliphatic rings. The Balaban J connectivity index is 1.73. The zero-order valence-electron chi connectivity index (χ0n) is 14.7.